The van der Waals surface area contributed by atoms with Crippen LogP contribution in [0.1, 0.15) is 52.4 Å². The standard InChI is InChI=1S/C14H29N3O/c1-3-16-14(2,13(15)18)9-8-12-17-10-6-4-5-7-11-17/h16H,3-12H2,1-2H3,(H2,15,18). The van der Waals surface area contributed by atoms with Crippen LogP contribution < -0.4 is 11.1 Å². The van der Waals surface area contributed by atoms with E-state index >= 15 is 0 Å². The van der Waals surface area contributed by atoms with Gasteiger partial charge >= 0.3 is 0 Å². The summed E-state index contributed by atoms with van der Waals surface area (Å²) in [4.78, 5) is 14.0. The van der Waals surface area contributed by atoms with Crippen LogP contribution in [0.5, 0.6) is 0 Å². The number of hydrogen-bond acceptors (Lipinski definition) is 3. The average molecular weight is 255 g/mol. The van der Waals surface area contributed by atoms with Crippen molar-refractivity contribution in [2.24, 2.45) is 5.73 Å². The van der Waals surface area contributed by atoms with Crippen LogP contribution in [0.2, 0.25) is 0 Å². The Morgan fingerprint density at radius 2 is 1.89 bits per heavy atom. The predicted octanol–water partition coefficient (Wildman–Crippen LogP) is 1.50. The lowest BCUT2D eigenvalue weighted by Crippen LogP contribution is -2.53. The number of nitrogens with zero attached hydrogens (tertiary/aromatic N) is 1. The monoisotopic (exact) mass is 255 g/mol. The van der Waals surface area contributed by atoms with E-state index in [1.54, 1.807) is 0 Å². The molecular weight excluding hydrogens is 226 g/mol. The van der Waals surface area contributed by atoms with Crippen LogP contribution in [0.15, 0.2) is 0 Å². The topological polar surface area (TPSA) is 58.4 Å². The number of primary amides is 1. The Balaban J connectivity index is 2.31. The molecule has 1 fully saturated rings. The minimum absolute atomic E-state index is 0.236. The number of carbonyl (C=O) groups is 1. The smallest absolute Gasteiger partial charge is 0.237 e. The lowest BCUT2D eigenvalue weighted by atomic mass is 9.94. The minimum atomic E-state index is -0.541. The first-order chi connectivity index (χ1) is 8.58. The van der Waals surface area contributed by atoms with Gasteiger partial charge in [0.25, 0.3) is 0 Å². The lowest BCUT2D eigenvalue weighted by Gasteiger charge is -2.28. The van der Waals surface area contributed by atoms with E-state index in [4.69, 9.17) is 5.73 Å². The highest BCUT2D eigenvalue weighted by Crippen LogP contribution is 2.14. The van der Waals surface area contributed by atoms with Crippen molar-refractivity contribution < 1.29 is 4.79 Å². The van der Waals surface area contributed by atoms with Gasteiger partial charge in [0, 0.05) is 0 Å². The van der Waals surface area contributed by atoms with Crippen molar-refractivity contribution in [2.75, 3.05) is 26.2 Å². The molecule has 106 valence electrons. The molecule has 0 aromatic heterocycles. The van der Waals surface area contributed by atoms with Crippen molar-refractivity contribution in [3.8, 4) is 0 Å². The molecule has 4 nitrogen and oxygen atoms in total. The fourth-order valence-corrected chi connectivity index (χ4v) is 2.70. The zero-order valence-electron chi connectivity index (χ0n) is 12.0. The van der Waals surface area contributed by atoms with Gasteiger partial charge in [0.15, 0.2) is 0 Å². The molecule has 0 aliphatic carbocycles. The highest BCUT2D eigenvalue weighted by molar-refractivity contribution is 5.84. The van der Waals surface area contributed by atoms with E-state index < -0.39 is 5.54 Å². The van der Waals surface area contributed by atoms with Crippen molar-refractivity contribution in [1.29, 1.82) is 0 Å². The van der Waals surface area contributed by atoms with Crippen molar-refractivity contribution in [1.82, 2.24) is 10.2 Å². The fraction of sp³-hybridized carbons (Fsp3) is 0.929. The number of amides is 1. The van der Waals surface area contributed by atoms with Gasteiger partial charge in [-0.1, -0.05) is 19.8 Å². The maximum atomic E-state index is 11.5. The number of nitrogens with two attached hydrogens (primary N) is 1. The Labute approximate surface area is 111 Å². The van der Waals surface area contributed by atoms with Gasteiger partial charge in [0.05, 0.1) is 5.54 Å². The number of likely N-dealkylation sites (tertiary alicyclic amines) is 1. The summed E-state index contributed by atoms with van der Waals surface area (Å²) < 4.78 is 0. The Morgan fingerprint density at radius 1 is 1.28 bits per heavy atom. The van der Waals surface area contributed by atoms with Crippen molar-refractivity contribution in [3.63, 3.8) is 0 Å². The van der Waals surface area contributed by atoms with Gasteiger partial charge in [-0.15, -0.1) is 0 Å². The van der Waals surface area contributed by atoms with E-state index in [0.717, 1.165) is 25.9 Å². The van der Waals surface area contributed by atoms with Crippen LogP contribution in [0.25, 0.3) is 0 Å². The SMILES string of the molecule is CCNC(C)(CCCN1CCCCCC1)C(N)=O. The molecule has 1 heterocycles. The second-order valence-electron chi connectivity index (χ2n) is 5.59. The Bertz CT molecular complexity index is 249. The van der Waals surface area contributed by atoms with E-state index in [2.05, 4.69) is 10.2 Å². The first-order valence-electron chi connectivity index (χ1n) is 7.36. The molecule has 1 aliphatic rings. The molecule has 0 aromatic rings. The number of rotatable bonds is 7. The van der Waals surface area contributed by atoms with Crippen LogP contribution in [0.4, 0.5) is 0 Å². The molecule has 1 unspecified atom stereocenters. The van der Waals surface area contributed by atoms with E-state index in [1.807, 2.05) is 13.8 Å². The molecule has 1 atom stereocenters. The minimum Gasteiger partial charge on any atom is -0.368 e. The number of hydrogen-bond donors (Lipinski definition) is 2. The number of likely N-dealkylation sites (N-methyl/N-ethyl adjacent to an activating group) is 1. The summed E-state index contributed by atoms with van der Waals surface area (Å²) in [5.41, 5.74) is 4.95. The third kappa shape index (κ3) is 4.94. The second kappa shape index (κ2) is 7.74. The third-order valence-corrected chi connectivity index (χ3v) is 3.96. The molecule has 0 radical (unpaired) electrons. The fourth-order valence-electron chi connectivity index (χ4n) is 2.70. The summed E-state index contributed by atoms with van der Waals surface area (Å²) in [7, 11) is 0. The zero-order chi connectivity index (χ0) is 13.4. The average Bonchev–Trinajstić information content (AvgIpc) is 2.58. The van der Waals surface area contributed by atoms with Gasteiger partial charge in [0.1, 0.15) is 0 Å². The molecular formula is C14H29N3O. The molecule has 0 bridgehead atoms. The van der Waals surface area contributed by atoms with E-state index in [0.29, 0.717) is 0 Å². The van der Waals surface area contributed by atoms with E-state index in [-0.39, 0.29) is 5.91 Å². The van der Waals surface area contributed by atoms with Gasteiger partial charge < -0.3 is 16.0 Å². The maximum absolute atomic E-state index is 11.5. The quantitative estimate of drug-likeness (QED) is 0.725. The van der Waals surface area contributed by atoms with Crippen LogP contribution in [0.3, 0.4) is 0 Å². The first kappa shape index (κ1) is 15.4. The molecule has 1 amide bonds. The summed E-state index contributed by atoms with van der Waals surface area (Å²) in [6.45, 7) is 8.23. The molecule has 4 heteroatoms. The number of carbonyl (C=O) groups excluding carboxylic acids is 1. The van der Waals surface area contributed by atoms with Crippen molar-refractivity contribution in [2.45, 2.75) is 57.9 Å². The van der Waals surface area contributed by atoms with Crippen molar-refractivity contribution in [3.05, 3.63) is 0 Å². The molecule has 1 rings (SSSR count). The highest BCUT2D eigenvalue weighted by atomic mass is 16.1. The molecule has 0 spiro atoms. The molecule has 3 N–H and O–H groups in total. The first-order valence-corrected chi connectivity index (χ1v) is 7.36. The predicted molar refractivity (Wildman–Crippen MR) is 75.4 cm³/mol. The normalized spacial score (nSPS) is 21.2. The van der Waals surface area contributed by atoms with Crippen LogP contribution in [-0.2, 0) is 4.79 Å². The summed E-state index contributed by atoms with van der Waals surface area (Å²) in [5.74, 6) is -0.236. The van der Waals surface area contributed by atoms with Gasteiger partial charge in [-0.2, -0.15) is 0 Å². The summed E-state index contributed by atoms with van der Waals surface area (Å²) in [5, 5.41) is 3.22. The Morgan fingerprint density at radius 3 is 2.39 bits per heavy atom. The van der Waals surface area contributed by atoms with Gasteiger partial charge in [0.2, 0.25) is 5.91 Å². The van der Waals surface area contributed by atoms with Crippen LogP contribution in [-0.4, -0.2) is 42.5 Å². The molecule has 1 saturated heterocycles. The summed E-state index contributed by atoms with van der Waals surface area (Å²) >= 11 is 0. The van der Waals surface area contributed by atoms with Gasteiger partial charge in [-0.3, -0.25) is 4.79 Å². The molecule has 18 heavy (non-hydrogen) atoms. The van der Waals surface area contributed by atoms with Crippen LogP contribution in [0, 0.1) is 0 Å². The molecule has 0 aromatic carbocycles. The third-order valence-electron chi connectivity index (χ3n) is 3.96. The zero-order valence-corrected chi connectivity index (χ0v) is 12.0. The van der Waals surface area contributed by atoms with E-state index in [1.165, 1.54) is 38.8 Å². The summed E-state index contributed by atoms with van der Waals surface area (Å²) in [6.07, 6.45) is 7.24. The Hall–Kier alpha value is -0.610. The summed E-state index contributed by atoms with van der Waals surface area (Å²) in [6, 6.07) is 0. The molecule has 0 saturated carbocycles. The second-order valence-corrected chi connectivity index (χ2v) is 5.59. The Kier molecular flexibility index (Phi) is 6.65. The van der Waals surface area contributed by atoms with Gasteiger partial charge in [-0.05, 0) is 58.8 Å². The van der Waals surface area contributed by atoms with E-state index in [9.17, 15) is 4.79 Å². The van der Waals surface area contributed by atoms with Crippen LogP contribution >= 0.6 is 0 Å². The maximum Gasteiger partial charge on any atom is 0.237 e. The van der Waals surface area contributed by atoms with Crippen molar-refractivity contribution >= 4 is 5.91 Å². The van der Waals surface area contributed by atoms with Gasteiger partial charge in [-0.25, -0.2) is 0 Å². The largest absolute Gasteiger partial charge is 0.368 e. The highest BCUT2D eigenvalue weighted by Gasteiger charge is 2.29. The lowest BCUT2D eigenvalue weighted by molar-refractivity contribution is -0.124. The molecule has 1 aliphatic heterocycles. The number of nitrogens with one attached hydrogen (secondary N) is 1.